The smallest absolute Gasteiger partial charge is 0.193 e. The lowest BCUT2D eigenvalue weighted by Crippen LogP contribution is -2.05. The first kappa shape index (κ1) is 30.0. The minimum absolute atomic E-state index is 0.0269. The molecule has 2 aliphatic carbocycles. The summed E-state index contributed by atoms with van der Waals surface area (Å²) in [6, 6.07) is 19.5. The molecular weight excluding hydrogens is 598 g/mol. The molecule has 0 unspecified atom stereocenters. The molecule has 0 aliphatic heterocycles. The number of thiol groups is 1. The molecule has 0 radical (unpaired) electrons. The molecular formula is C33H14F6N4S. The molecule has 0 fully saturated rings. The van der Waals surface area contributed by atoms with Crippen LogP contribution in [0.3, 0.4) is 0 Å². The van der Waals surface area contributed by atoms with Crippen molar-refractivity contribution in [2.45, 2.75) is 19.3 Å². The Kier molecular flexibility index (Phi) is 7.26. The Morgan fingerprint density at radius 2 is 1.16 bits per heavy atom. The lowest BCUT2D eigenvalue weighted by molar-refractivity contribution is -0.138. The van der Waals surface area contributed by atoms with Crippen molar-refractivity contribution in [3.8, 4) is 24.3 Å². The molecule has 0 atom stereocenters. The van der Waals surface area contributed by atoms with E-state index in [1.54, 1.807) is 24.3 Å². The van der Waals surface area contributed by atoms with E-state index in [0.717, 1.165) is 30.3 Å². The molecule has 5 rings (SSSR count). The number of nitrogens with zero attached hydrogens (tertiary/aromatic N) is 4. The van der Waals surface area contributed by atoms with Gasteiger partial charge in [0.25, 0.3) is 0 Å². The van der Waals surface area contributed by atoms with Crippen LogP contribution in [0.15, 0.2) is 71.8 Å². The summed E-state index contributed by atoms with van der Waals surface area (Å²) in [4.78, 5) is 0.150. The Balaban J connectivity index is 1.79. The van der Waals surface area contributed by atoms with E-state index in [0.29, 0.717) is 22.3 Å². The molecule has 2 aliphatic rings. The molecule has 11 heteroatoms. The van der Waals surface area contributed by atoms with Crippen molar-refractivity contribution in [2.75, 3.05) is 0 Å². The Morgan fingerprint density at radius 3 is 1.66 bits per heavy atom. The highest BCUT2D eigenvalue weighted by molar-refractivity contribution is 7.91. The van der Waals surface area contributed by atoms with Crippen molar-refractivity contribution in [2.24, 2.45) is 0 Å². The fraction of sp³-hybridized carbons (Fsp3) is 0.0909. The first-order chi connectivity index (χ1) is 20.8. The molecule has 4 nitrogen and oxygen atoms in total. The molecule has 3 aromatic carbocycles. The highest BCUT2D eigenvalue weighted by atomic mass is 32.1. The summed E-state index contributed by atoms with van der Waals surface area (Å²) in [6.07, 6.45) is -9.36. The largest absolute Gasteiger partial charge is 0.416 e. The fourth-order valence-electron chi connectivity index (χ4n) is 5.42. The molecule has 0 amide bonds. The first-order valence-electron chi connectivity index (χ1n) is 12.5. The second-order valence-electron chi connectivity index (χ2n) is 9.77. The molecule has 0 aromatic heterocycles. The van der Waals surface area contributed by atoms with Crippen LogP contribution >= 0.6 is 12.6 Å². The van der Waals surface area contributed by atoms with Crippen LogP contribution in [0.2, 0.25) is 0 Å². The van der Waals surface area contributed by atoms with Gasteiger partial charge in [-0.25, -0.2) is 0 Å². The summed E-state index contributed by atoms with van der Waals surface area (Å²) in [5, 5.41) is 39.3. The normalized spacial score (nSPS) is 15.2. The molecule has 0 saturated heterocycles. The van der Waals surface area contributed by atoms with Gasteiger partial charge in [-0.05, 0) is 65.1 Å². The lowest BCUT2D eigenvalue weighted by Gasteiger charge is -2.13. The second-order valence-corrected chi connectivity index (χ2v) is 10.2. The van der Waals surface area contributed by atoms with Crippen LogP contribution < -0.4 is 0 Å². The van der Waals surface area contributed by atoms with Crippen LogP contribution in [0, 0.1) is 45.3 Å². The number of hydrogen-bond donors (Lipinski definition) is 1. The monoisotopic (exact) mass is 612 g/mol. The van der Waals surface area contributed by atoms with E-state index in [1.807, 2.05) is 12.1 Å². The predicted octanol–water partition coefficient (Wildman–Crippen LogP) is 9.08. The van der Waals surface area contributed by atoms with Gasteiger partial charge in [0.1, 0.15) is 23.8 Å². The quantitative estimate of drug-likeness (QED) is 0.177. The minimum atomic E-state index is -4.73. The number of alkyl halides is 6. The first-order valence-corrected chi connectivity index (χ1v) is 13.0. The molecule has 214 valence electrons. The van der Waals surface area contributed by atoms with Gasteiger partial charge in [-0.3, -0.25) is 0 Å². The zero-order valence-electron chi connectivity index (χ0n) is 22.3. The Hall–Kier alpha value is -5.49. The zero-order valence-corrected chi connectivity index (χ0v) is 23.2. The number of halogens is 6. The average molecular weight is 613 g/mol. The van der Waals surface area contributed by atoms with Gasteiger partial charge in [0.2, 0.25) is 0 Å². The maximum Gasteiger partial charge on any atom is 0.416 e. The van der Waals surface area contributed by atoms with Crippen LogP contribution in [-0.2, 0) is 12.4 Å². The van der Waals surface area contributed by atoms with Crippen molar-refractivity contribution in [1.82, 2.24) is 0 Å². The molecule has 44 heavy (non-hydrogen) atoms. The molecule has 3 aromatic rings. The number of hydrogen-bond acceptors (Lipinski definition) is 5. The molecule has 0 saturated carbocycles. The summed E-state index contributed by atoms with van der Waals surface area (Å²) in [7, 11) is 0. The Morgan fingerprint density at radius 1 is 0.636 bits per heavy atom. The van der Waals surface area contributed by atoms with Gasteiger partial charge in [-0.1, -0.05) is 30.3 Å². The van der Waals surface area contributed by atoms with E-state index in [9.17, 15) is 47.4 Å². The van der Waals surface area contributed by atoms with Gasteiger partial charge in [-0.15, -0.1) is 12.6 Å². The Bertz CT molecular complexity index is 2080. The van der Waals surface area contributed by atoms with Gasteiger partial charge in [-0.2, -0.15) is 47.4 Å². The number of fused-ring (bicyclic) bond motifs is 2. The number of nitriles is 4. The van der Waals surface area contributed by atoms with Crippen LogP contribution in [0.1, 0.15) is 51.4 Å². The zero-order chi connectivity index (χ0) is 32.1. The van der Waals surface area contributed by atoms with Gasteiger partial charge in [0.15, 0.2) is 0 Å². The van der Waals surface area contributed by atoms with E-state index in [4.69, 9.17) is 0 Å². The van der Waals surface area contributed by atoms with E-state index >= 15 is 0 Å². The van der Waals surface area contributed by atoms with E-state index in [2.05, 4.69) is 12.6 Å². The van der Waals surface area contributed by atoms with Crippen molar-refractivity contribution in [3.63, 3.8) is 0 Å². The summed E-state index contributed by atoms with van der Waals surface area (Å²) < 4.78 is 81.3. The molecule has 0 spiro atoms. The minimum Gasteiger partial charge on any atom is -0.193 e. The average Bonchev–Trinajstić information content (AvgIpc) is 3.48. The summed E-state index contributed by atoms with van der Waals surface area (Å²) >= 11 is 4.56. The van der Waals surface area contributed by atoms with Crippen LogP contribution in [0.5, 0.6) is 0 Å². The maximum absolute atomic E-state index is 13.6. The lowest BCUT2D eigenvalue weighted by atomic mass is 9.89. The number of allylic oxidation sites excluding steroid dienone is 7. The van der Waals surface area contributed by atoms with Crippen LogP contribution in [0.25, 0.3) is 32.8 Å². The van der Waals surface area contributed by atoms with E-state index < -0.39 is 29.1 Å². The maximum atomic E-state index is 13.6. The standard InChI is InChI=1S/C33H14F6N4S/c1-16(12-40)27-23-8-6-21(33(37,38)39)11-25(23)31(44)30(27)18-4-2-3-17(9-18)28-26(15-43)24-10-20(32(34,35)36)5-7-22(24)29(28)19(13-41)14-42/h2-11,44H,1H3/b27-16+. The third kappa shape index (κ3) is 4.74. The topological polar surface area (TPSA) is 95.2 Å². The van der Waals surface area contributed by atoms with Gasteiger partial charge < -0.3 is 0 Å². The highest BCUT2D eigenvalue weighted by Gasteiger charge is 2.37. The molecule has 0 bridgehead atoms. The molecule has 0 heterocycles. The number of rotatable bonds is 2. The van der Waals surface area contributed by atoms with Gasteiger partial charge in [0.05, 0.1) is 22.8 Å². The van der Waals surface area contributed by atoms with Gasteiger partial charge >= 0.3 is 12.4 Å². The van der Waals surface area contributed by atoms with Gasteiger partial charge in [0, 0.05) is 38.3 Å². The third-order valence-corrected chi connectivity index (χ3v) is 7.78. The van der Waals surface area contributed by atoms with Crippen molar-refractivity contribution in [1.29, 1.82) is 21.0 Å². The fourth-order valence-corrected chi connectivity index (χ4v) is 5.85. The third-order valence-electron chi connectivity index (χ3n) is 7.31. The second kappa shape index (κ2) is 10.7. The summed E-state index contributed by atoms with van der Waals surface area (Å²) in [6.45, 7) is 1.50. The van der Waals surface area contributed by atoms with E-state index in [-0.39, 0.29) is 49.5 Å². The van der Waals surface area contributed by atoms with Crippen molar-refractivity contribution < 1.29 is 26.3 Å². The van der Waals surface area contributed by atoms with Crippen LogP contribution in [-0.4, -0.2) is 0 Å². The summed E-state index contributed by atoms with van der Waals surface area (Å²) in [5.41, 5.74) is -0.599. The van der Waals surface area contributed by atoms with Crippen LogP contribution in [0.4, 0.5) is 26.3 Å². The highest BCUT2D eigenvalue weighted by Crippen LogP contribution is 2.53. The predicted molar refractivity (Wildman–Crippen MR) is 154 cm³/mol. The molecule has 0 N–H and O–H groups in total. The van der Waals surface area contributed by atoms with E-state index in [1.165, 1.54) is 25.1 Å². The van der Waals surface area contributed by atoms with Crippen molar-refractivity contribution >= 4 is 45.4 Å². The van der Waals surface area contributed by atoms with Crippen molar-refractivity contribution in [3.05, 3.63) is 116 Å². The number of benzene rings is 3. The SMILES string of the molecule is C/C(C#N)=C1\C(c2cccc(C3=C(C#N)c4cc(C(F)(F)F)ccc4C3=C(C#N)C#N)c2)=C(S)c2cc(C(F)(F)F)ccc21. The Labute approximate surface area is 252 Å². The summed E-state index contributed by atoms with van der Waals surface area (Å²) in [5.74, 6) is 0.